The van der Waals surface area contributed by atoms with E-state index in [9.17, 15) is 0 Å². The Morgan fingerprint density at radius 3 is 2.81 bits per heavy atom. The maximum absolute atomic E-state index is 5.73. The normalized spacial score (nSPS) is 22.9. The van der Waals surface area contributed by atoms with E-state index in [1.165, 1.54) is 0 Å². The van der Waals surface area contributed by atoms with Crippen molar-refractivity contribution in [1.82, 2.24) is 0 Å². The smallest absolute Gasteiger partial charge is 0.133 e. The second-order valence-electron chi connectivity index (χ2n) is 3.83. The van der Waals surface area contributed by atoms with E-state index in [2.05, 4.69) is 38.4 Å². The van der Waals surface area contributed by atoms with Crippen molar-refractivity contribution < 1.29 is 9.47 Å². The average molecular weight is 348 g/mol. The van der Waals surface area contributed by atoms with Crippen molar-refractivity contribution >= 4 is 31.9 Å². The zero-order valence-electron chi connectivity index (χ0n) is 8.71. The van der Waals surface area contributed by atoms with Gasteiger partial charge in [0.15, 0.2) is 0 Å². The zero-order valence-corrected chi connectivity index (χ0v) is 11.9. The molecule has 1 aliphatic rings. The van der Waals surface area contributed by atoms with Crippen molar-refractivity contribution in [2.45, 2.75) is 12.0 Å². The molecule has 1 atom stereocenters. The van der Waals surface area contributed by atoms with Crippen molar-refractivity contribution in [2.24, 2.45) is 0 Å². The van der Waals surface area contributed by atoms with Crippen LogP contribution in [0.1, 0.15) is 6.42 Å². The van der Waals surface area contributed by atoms with Crippen LogP contribution in [0, 0.1) is 0 Å². The fourth-order valence-electron chi connectivity index (χ4n) is 1.43. The predicted octanol–water partition coefficient (Wildman–Crippen LogP) is 3.94. The number of halogens is 2. The molecule has 1 saturated heterocycles. The van der Waals surface area contributed by atoms with Gasteiger partial charge in [-0.1, -0.05) is 22.0 Å². The van der Waals surface area contributed by atoms with Crippen LogP contribution in [0.2, 0.25) is 0 Å². The molecule has 2 nitrogen and oxygen atoms in total. The molecule has 1 fully saturated rings. The Morgan fingerprint density at radius 2 is 2.25 bits per heavy atom. The molecule has 0 N–H and O–H groups in total. The Morgan fingerprint density at radius 1 is 1.50 bits per heavy atom. The van der Waals surface area contributed by atoms with Crippen LogP contribution in [0.3, 0.4) is 0 Å². The molecule has 0 radical (unpaired) electrons. The highest BCUT2D eigenvalue weighted by Gasteiger charge is 2.44. The van der Waals surface area contributed by atoms with Gasteiger partial charge in [0.05, 0.1) is 11.1 Å². The van der Waals surface area contributed by atoms with Crippen molar-refractivity contribution in [3.05, 3.63) is 39.8 Å². The third kappa shape index (κ3) is 2.87. The van der Waals surface area contributed by atoms with Crippen molar-refractivity contribution in [2.75, 3.05) is 13.2 Å². The second kappa shape index (κ2) is 4.90. The minimum absolute atomic E-state index is 0.131. The Bertz CT molecular complexity index is 400. The van der Waals surface area contributed by atoms with Crippen molar-refractivity contribution in [3.63, 3.8) is 0 Å². The largest absolute Gasteiger partial charge is 0.489 e. The third-order valence-electron chi connectivity index (χ3n) is 2.45. The first-order valence-corrected chi connectivity index (χ1v) is 6.56. The monoisotopic (exact) mass is 346 g/mol. The molecule has 4 heteroatoms. The molecule has 2 rings (SSSR count). The zero-order chi connectivity index (χ0) is 11.6. The van der Waals surface area contributed by atoms with Crippen LogP contribution < -0.4 is 4.74 Å². The molecular weight excluding hydrogens is 336 g/mol. The van der Waals surface area contributed by atoms with E-state index >= 15 is 0 Å². The molecule has 0 spiro atoms. The van der Waals surface area contributed by atoms with Gasteiger partial charge in [0.1, 0.15) is 18.0 Å². The highest BCUT2D eigenvalue weighted by molar-refractivity contribution is 9.11. The van der Waals surface area contributed by atoms with E-state index in [0.717, 1.165) is 27.7 Å². The van der Waals surface area contributed by atoms with Crippen LogP contribution in [0.15, 0.2) is 39.8 Å². The SMILES string of the molecule is C=CCC1(COc2ccc(Br)cc2Br)CO1. The van der Waals surface area contributed by atoms with Crippen molar-refractivity contribution in [3.8, 4) is 5.75 Å². The third-order valence-corrected chi connectivity index (χ3v) is 3.57. The molecule has 16 heavy (non-hydrogen) atoms. The molecule has 0 saturated carbocycles. The number of hydrogen-bond donors (Lipinski definition) is 0. The molecule has 1 unspecified atom stereocenters. The van der Waals surface area contributed by atoms with Crippen LogP contribution >= 0.6 is 31.9 Å². The molecule has 0 aromatic heterocycles. The van der Waals surface area contributed by atoms with E-state index in [1.807, 2.05) is 24.3 Å². The van der Waals surface area contributed by atoms with Crippen LogP contribution in [0.25, 0.3) is 0 Å². The molecular formula is C12H12Br2O2. The van der Waals surface area contributed by atoms with E-state index in [1.54, 1.807) is 0 Å². The van der Waals surface area contributed by atoms with Crippen LogP contribution in [0.5, 0.6) is 5.75 Å². The van der Waals surface area contributed by atoms with Crippen LogP contribution in [0.4, 0.5) is 0 Å². The van der Waals surface area contributed by atoms with Gasteiger partial charge in [0.2, 0.25) is 0 Å². The van der Waals surface area contributed by atoms with Gasteiger partial charge in [-0.25, -0.2) is 0 Å². The fraction of sp³-hybridized carbons (Fsp3) is 0.333. The number of hydrogen-bond acceptors (Lipinski definition) is 2. The molecule has 1 aromatic carbocycles. The van der Waals surface area contributed by atoms with E-state index < -0.39 is 0 Å². The van der Waals surface area contributed by atoms with Gasteiger partial charge in [0, 0.05) is 4.47 Å². The first-order chi connectivity index (χ1) is 7.65. The lowest BCUT2D eigenvalue weighted by atomic mass is 10.1. The summed E-state index contributed by atoms with van der Waals surface area (Å²) in [6.07, 6.45) is 2.70. The molecule has 0 amide bonds. The summed E-state index contributed by atoms with van der Waals surface area (Å²) in [6.45, 7) is 5.04. The summed E-state index contributed by atoms with van der Waals surface area (Å²) in [5.41, 5.74) is -0.131. The van der Waals surface area contributed by atoms with Gasteiger partial charge in [0.25, 0.3) is 0 Å². The molecule has 86 valence electrons. The average Bonchev–Trinajstić information content (AvgIpc) is 2.98. The number of epoxide rings is 1. The lowest BCUT2D eigenvalue weighted by molar-refractivity contribution is 0.190. The summed E-state index contributed by atoms with van der Waals surface area (Å²) < 4.78 is 13.1. The second-order valence-corrected chi connectivity index (χ2v) is 5.60. The number of rotatable bonds is 5. The van der Waals surface area contributed by atoms with Gasteiger partial charge in [-0.05, 0) is 40.5 Å². The fourth-order valence-corrected chi connectivity index (χ4v) is 2.59. The van der Waals surface area contributed by atoms with E-state index in [4.69, 9.17) is 9.47 Å². The summed E-state index contributed by atoms with van der Waals surface area (Å²) in [5.74, 6) is 0.835. The Labute approximate surface area is 112 Å². The number of benzene rings is 1. The van der Waals surface area contributed by atoms with Gasteiger partial charge in [-0.3, -0.25) is 0 Å². The Kier molecular flexibility index (Phi) is 3.72. The molecule has 0 bridgehead atoms. The summed E-state index contributed by atoms with van der Waals surface area (Å²) in [7, 11) is 0. The first-order valence-electron chi connectivity index (χ1n) is 4.98. The highest BCUT2D eigenvalue weighted by atomic mass is 79.9. The maximum atomic E-state index is 5.73. The quantitative estimate of drug-likeness (QED) is 0.594. The Hall–Kier alpha value is -0.320. The van der Waals surface area contributed by atoms with Crippen LogP contribution in [-0.4, -0.2) is 18.8 Å². The predicted molar refractivity (Wildman–Crippen MR) is 70.8 cm³/mol. The van der Waals surface area contributed by atoms with Gasteiger partial charge in [-0.15, -0.1) is 6.58 Å². The highest BCUT2D eigenvalue weighted by Crippen LogP contribution is 2.34. The minimum Gasteiger partial charge on any atom is -0.489 e. The standard InChI is InChI=1S/C12H12Br2O2/c1-2-5-12(8-16-12)7-15-11-4-3-9(13)6-10(11)14/h2-4,6H,1,5,7-8H2. The Balaban J connectivity index is 1.97. The maximum Gasteiger partial charge on any atom is 0.133 e. The van der Waals surface area contributed by atoms with Gasteiger partial charge in [-0.2, -0.15) is 0 Å². The lowest BCUT2D eigenvalue weighted by Gasteiger charge is -2.12. The molecule has 0 aliphatic carbocycles. The molecule has 1 aliphatic heterocycles. The van der Waals surface area contributed by atoms with E-state index in [0.29, 0.717) is 6.61 Å². The summed E-state index contributed by atoms with van der Waals surface area (Å²) in [5, 5.41) is 0. The summed E-state index contributed by atoms with van der Waals surface area (Å²) in [4.78, 5) is 0. The van der Waals surface area contributed by atoms with Gasteiger partial charge < -0.3 is 9.47 Å². The molecule has 1 heterocycles. The van der Waals surface area contributed by atoms with E-state index in [-0.39, 0.29) is 5.60 Å². The van der Waals surface area contributed by atoms with Crippen LogP contribution in [-0.2, 0) is 4.74 Å². The summed E-state index contributed by atoms with van der Waals surface area (Å²) >= 11 is 6.86. The lowest BCUT2D eigenvalue weighted by Crippen LogP contribution is -2.20. The number of ether oxygens (including phenoxy) is 2. The van der Waals surface area contributed by atoms with Gasteiger partial charge >= 0.3 is 0 Å². The molecule has 1 aromatic rings. The topological polar surface area (TPSA) is 21.8 Å². The first kappa shape index (κ1) is 12.1. The minimum atomic E-state index is -0.131. The summed E-state index contributed by atoms with van der Waals surface area (Å²) in [6, 6.07) is 5.84. The van der Waals surface area contributed by atoms with Crippen molar-refractivity contribution in [1.29, 1.82) is 0 Å².